The lowest BCUT2D eigenvalue weighted by molar-refractivity contribution is 0.121. The van der Waals surface area contributed by atoms with E-state index in [1.54, 1.807) is 0 Å². The van der Waals surface area contributed by atoms with Crippen LogP contribution >= 0.6 is 11.6 Å². The predicted octanol–water partition coefficient (Wildman–Crippen LogP) is 2.63. The quantitative estimate of drug-likeness (QED) is 0.363. The van der Waals surface area contributed by atoms with Crippen LogP contribution in [0.25, 0.3) is 0 Å². The molecule has 0 aliphatic heterocycles. The van der Waals surface area contributed by atoms with Crippen molar-refractivity contribution in [2.24, 2.45) is 22.9 Å². The summed E-state index contributed by atoms with van der Waals surface area (Å²) in [5.41, 5.74) is 1.05. The first kappa shape index (κ1) is 8.10. The van der Waals surface area contributed by atoms with E-state index in [9.17, 15) is 0 Å². The van der Waals surface area contributed by atoms with Crippen LogP contribution in [0.5, 0.6) is 0 Å². The van der Waals surface area contributed by atoms with Crippen molar-refractivity contribution in [1.29, 1.82) is 0 Å². The first-order valence-electron chi connectivity index (χ1n) is 5.11. The fourth-order valence-corrected chi connectivity index (χ4v) is 4.42. The lowest BCUT2D eigenvalue weighted by Crippen LogP contribution is -2.52. The van der Waals surface area contributed by atoms with Gasteiger partial charge in [-0.05, 0) is 38.0 Å². The maximum absolute atomic E-state index is 8.93. The van der Waals surface area contributed by atoms with Gasteiger partial charge in [-0.3, -0.25) is 0 Å². The number of hydrogen-bond donors (Lipinski definition) is 1. The first-order valence-corrected chi connectivity index (χ1v) is 5.49. The van der Waals surface area contributed by atoms with Gasteiger partial charge in [0.1, 0.15) is 0 Å². The highest BCUT2D eigenvalue weighted by Crippen LogP contribution is 2.57. The molecule has 72 valence electrons. The molecule has 1 N–H and O–H groups in total. The lowest BCUT2D eigenvalue weighted by atomic mass is 9.55. The second-order valence-electron chi connectivity index (χ2n) is 5.02. The van der Waals surface area contributed by atoms with Gasteiger partial charge in [-0.2, -0.15) is 0 Å². The molecule has 4 bridgehead atoms. The van der Waals surface area contributed by atoms with Crippen LogP contribution in [0.15, 0.2) is 5.16 Å². The Morgan fingerprint density at radius 2 is 1.85 bits per heavy atom. The number of nitrogens with zero attached hydrogens (tertiary/aromatic N) is 1. The molecule has 4 aliphatic carbocycles. The van der Waals surface area contributed by atoms with Crippen LogP contribution in [-0.4, -0.2) is 15.8 Å². The molecule has 4 aliphatic rings. The van der Waals surface area contributed by atoms with Gasteiger partial charge in [-0.15, -0.1) is 11.6 Å². The molecule has 2 nitrogen and oxygen atoms in total. The summed E-state index contributed by atoms with van der Waals surface area (Å²) in [6, 6.07) is 0. The summed E-state index contributed by atoms with van der Waals surface area (Å²) < 4.78 is 0. The lowest BCUT2D eigenvalue weighted by Gasteiger charge is -2.53. The van der Waals surface area contributed by atoms with Crippen LogP contribution in [0.4, 0.5) is 0 Å². The van der Waals surface area contributed by atoms with Crippen molar-refractivity contribution in [2.45, 2.75) is 37.0 Å². The average Bonchev–Trinajstić information content (AvgIpc) is 2.00. The van der Waals surface area contributed by atoms with E-state index in [-0.39, 0.29) is 4.87 Å². The van der Waals surface area contributed by atoms with Crippen molar-refractivity contribution >= 4 is 17.3 Å². The molecule has 0 aromatic heterocycles. The molecule has 4 fully saturated rings. The number of alkyl halides is 1. The highest BCUT2D eigenvalue weighted by Gasteiger charge is 2.53. The Kier molecular flexibility index (Phi) is 1.50. The molecule has 2 unspecified atom stereocenters. The van der Waals surface area contributed by atoms with Crippen molar-refractivity contribution in [3.63, 3.8) is 0 Å². The van der Waals surface area contributed by atoms with Gasteiger partial charge in [-0.25, -0.2) is 0 Å². The van der Waals surface area contributed by atoms with Crippen LogP contribution in [-0.2, 0) is 0 Å². The SMILES string of the molecule is ON=C1C2CC3CC1CC(Cl)(C3)C2. The van der Waals surface area contributed by atoms with Crippen molar-refractivity contribution in [2.75, 3.05) is 0 Å². The Balaban J connectivity index is 1.98. The van der Waals surface area contributed by atoms with Gasteiger partial charge in [0.05, 0.1) is 5.71 Å². The summed E-state index contributed by atoms with van der Waals surface area (Å²) >= 11 is 6.52. The van der Waals surface area contributed by atoms with Gasteiger partial charge < -0.3 is 5.21 Å². The van der Waals surface area contributed by atoms with E-state index < -0.39 is 0 Å². The van der Waals surface area contributed by atoms with E-state index in [0.29, 0.717) is 11.8 Å². The topological polar surface area (TPSA) is 32.6 Å². The Hall–Kier alpha value is -0.240. The zero-order valence-electron chi connectivity index (χ0n) is 7.54. The second-order valence-corrected chi connectivity index (χ2v) is 5.82. The minimum atomic E-state index is 0.0602. The van der Waals surface area contributed by atoms with Crippen molar-refractivity contribution in [3.8, 4) is 0 Å². The van der Waals surface area contributed by atoms with Gasteiger partial charge in [0.2, 0.25) is 0 Å². The Morgan fingerprint density at radius 1 is 1.23 bits per heavy atom. The van der Waals surface area contributed by atoms with Crippen LogP contribution < -0.4 is 0 Å². The van der Waals surface area contributed by atoms with Crippen LogP contribution in [0.2, 0.25) is 0 Å². The monoisotopic (exact) mass is 199 g/mol. The normalized spacial score (nSPS) is 52.7. The zero-order chi connectivity index (χ0) is 9.05. The second kappa shape index (κ2) is 2.41. The fourth-order valence-electron chi connectivity index (χ4n) is 3.83. The van der Waals surface area contributed by atoms with E-state index in [1.165, 1.54) is 19.3 Å². The molecular formula is C10H14ClNO. The van der Waals surface area contributed by atoms with E-state index in [4.69, 9.17) is 16.8 Å². The largest absolute Gasteiger partial charge is 0.411 e. The zero-order valence-corrected chi connectivity index (χ0v) is 8.30. The molecule has 0 radical (unpaired) electrons. The Labute approximate surface area is 83.0 Å². The van der Waals surface area contributed by atoms with Crippen molar-refractivity contribution in [1.82, 2.24) is 0 Å². The predicted molar refractivity (Wildman–Crippen MR) is 51.4 cm³/mol. The number of rotatable bonds is 0. The molecule has 0 heterocycles. The molecule has 0 amide bonds. The fraction of sp³-hybridized carbons (Fsp3) is 0.900. The van der Waals surface area contributed by atoms with E-state index in [2.05, 4.69) is 5.16 Å². The standard InChI is InChI=1S/C10H14ClNO/c11-10-3-6-1-7(4-10)9(12-13)8(2-6)5-10/h6-8,13H,1-5H2. The molecule has 0 aromatic carbocycles. The van der Waals surface area contributed by atoms with Crippen LogP contribution in [0.3, 0.4) is 0 Å². The van der Waals surface area contributed by atoms with Gasteiger partial charge in [0.15, 0.2) is 0 Å². The highest BCUT2D eigenvalue weighted by molar-refractivity contribution is 6.24. The van der Waals surface area contributed by atoms with E-state index >= 15 is 0 Å². The third-order valence-corrected chi connectivity index (χ3v) is 4.53. The van der Waals surface area contributed by atoms with Crippen LogP contribution in [0, 0.1) is 17.8 Å². The van der Waals surface area contributed by atoms with Gasteiger partial charge in [0.25, 0.3) is 0 Å². The third kappa shape index (κ3) is 1.04. The Morgan fingerprint density at radius 3 is 2.31 bits per heavy atom. The minimum absolute atomic E-state index is 0.0602. The summed E-state index contributed by atoms with van der Waals surface area (Å²) in [6.07, 6.45) is 5.71. The summed E-state index contributed by atoms with van der Waals surface area (Å²) in [7, 11) is 0. The van der Waals surface area contributed by atoms with Gasteiger partial charge in [-0.1, -0.05) is 5.16 Å². The Bertz CT molecular complexity index is 258. The molecule has 2 atom stereocenters. The van der Waals surface area contributed by atoms with E-state index in [0.717, 1.165) is 24.5 Å². The molecular weight excluding hydrogens is 186 g/mol. The maximum atomic E-state index is 8.93. The summed E-state index contributed by atoms with van der Waals surface area (Å²) in [5.74, 6) is 1.79. The van der Waals surface area contributed by atoms with E-state index in [1.807, 2.05) is 0 Å². The summed E-state index contributed by atoms with van der Waals surface area (Å²) in [5, 5.41) is 12.4. The highest BCUT2D eigenvalue weighted by atomic mass is 35.5. The van der Waals surface area contributed by atoms with Gasteiger partial charge >= 0.3 is 0 Å². The van der Waals surface area contributed by atoms with Gasteiger partial charge in [0, 0.05) is 16.7 Å². The molecule has 4 rings (SSSR count). The molecule has 4 saturated carbocycles. The minimum Gasteiger partial charge on any atom is -0.411 e. The molecule has 0 saturated heterocycles. The van der Waals surface area contributed by atoms with Crippen molar-refractivity contribution in [3.05, 3.63) is 0 Å². The molecule has 3 heteroatoms. The summed E-state index contributed by atoms with van der Waals surface area (Å²) in [6.45, 7) is 0. The summed E-state index contributed by atoms with van der Waals surface area (Å²) in [4.78, 5) is 0.0602. The smallest absolute Gasteiger partial charge is 0.0633 e. The molecule has 13 heavy (non-hydrogen) atoms. The molecule has 0 spiro atoms. The van der Waals surface area contributed by atoms with Crippen LogP contribution in [0.1, 0.15) is 32.1 Å². The maximum Gasteiger partial charge on any atom is 0.0633 e. The number of halogens is 1. The molecule has 0 aromatic rings. The average molecular weight is 200 g/mol. The van der Waals surface area contributed by atoms with Crippen molar-refractivity contribution < 1.29 is 5.21 Å². The third-order valence-electron chi connectivity index (χ3n) is 4.07. The number of oxime groups is 1. The number of hydrogen-bond acceptors (Lipinski definition) is 2. The first-order chi connectivity index (χ1) is 6.20.